The molecule has 0 unspecified atom stereocenters. The molecule has 0 radical (unpaired) electrons. The molecule has 166 valence electrons. The molecule has 1 aliphatic heterocycles. The number of esters is 1. The number of nitrogens with zero attached hydrogens (tertiary/aromatic N) is 1. The van der Waals surface area contributed by atoms with Gasteiger partial charge in [0.15, 0.2) is 0 Å². The van der Waals surface area contributed by atoms with Crippen molar-refractivity contribution >= 4 is 63.5 Å². The minimum Gasteiger partial charge on any atom is -0.488 e. The van der Waals surface area contributed by atoms with Crippen molar-refractivity contribution in [3.63, 3.8) is 0 Å². The van der Waals surface area contributed by atoms with Gasteiger partial charge in [0, 0.05) is 0 Å². The number of rotatable bonds is 7. The fraction of sp³-hybridized carbons (Fsp3) is 0.182. The highest BCUT2D eigenvalue weighted by atomic mass is 127. The van der Waals surface area contributed by atoms with Crippen LogP contribution in [0.15, 0.2) is 47.4 Å². The number of halogens is 1. The third-order valence-corrected chi connectivity index (χ3v) is 6.33. The maximum absolute atomic E-state index is 12.6. The summed E-state index contributed by atoms with van der Waals surface area (Å²) < 4.78 is 11.2. The number of imide groups is 1. The van der Waals surface area contributed by atoms with E-state index in [9.17, 15) is 19.2 Å². The molecule has 1 aliphatic rings. The zero-order valence-corrected chi connectivity index (χ0v) is 20.0. The molecule has 1 heterocycles. The van der Waals surface area contributed by atoms with Crippen molar-refractivity contribution in [3.05, 3.63) is 67.6 Å². The summed E-state index contributed by atoms with van der Waals surface area (Å²) in [6.07, 6.45) is 1.59. The van der Waals surface area contributed by atoms with Crippen molar-refractivity contribution in [2.24, 2.45) is 0 Å². The second-order valence-corrected chi connectivity index (χ2v) is 8.89. The van der Waals surface area contributed by atoms with Crippen molar-refractivity contribution in [3.8, 4) is 5.75 Å². The summed E-state index contributed by atoms with van der Waals surface area (Å²) in [6.45, 7) is 1.70. The second kappa shape index (κ2) is 10.2. The van der Waals surface area contributed by atoms with E-state index in [0.717, 1.165) is 25.8 Å². The molecule has 3 rings (SSSR count). The van der Waals surface area contributed by atoms with Crippen LogP contribution in [0, 0.1) is 3.57 Å². The normalized spacial score (nSPS) is 15.7. The Morgan fingerprint density at radius 3 is 2.47 bits per heavy atom. The zero-order valence-electron chi connectivity index (χ0n) is 17.0. The summed E-state index contributed by atoms with van der Waals surface area (Å²) in [5.41, 5.74) is 1.73. The number of aromatic carboxylic acids is 1. The maximum Gasteiger partial charge on any atom is 0.335 e. The third-order valence-electron chi connectivity index (χ3n) is 4.60. The van der Waals surface area contributed by atoms with Crippen LogP contribution in [-0.2, 0) is 20.9 Å². The molecule has 2 aromatic carbocycles. The van der Waals surface area contributed by atoms with Crippen LogP contribution in [-0.4, -0.2) is 46.2 Å². The molecule has 0 bridgehead atoms. The number of thioether (sulfide) groups is 1. The number of carbonyl (C=O) groups is 4. The molecule has 1 fully saturated rings. The Bertz CT molecular complexity index is 1110. The van der Waals surface area contributed by atoms with Crippen LogP contribution in [0.1, 0.15) is 28.4 Å². The fourth-order valence-electron chi connectivity index (χ4n) is 2.87. The summed E-state index contributed by atoms with van der Waals surface area (Å²) in [6, 6.07) is 10.7. The summed E-state index contributed by atoms with van der Waals surface area (Å²) in [7, 11) is 1.20. The van der Waals surface area contributed by atoms with E-state index in [-0.39, 0.29) is 17.1 Å². The van der Waals surface area contributed by atoms with Crippen molar-refractivity contribution in [1.82, 2.24) is 4.90 Å². The van der Waals surface area contributed by atoms with Gasteiger partial charge in [0.1, 0.15) is 18.4 Å². The lowest BCUT2D eigenvalue weighted by Crippen LogP contribution is -2.42. The first-order valence-electron chi connectivity index (χ1n) is 9.30. The van der Waals surface area contributed by atoms with E-state index in [4.69, 9.17) is 9.84 Å². The summed E-state index contributed by atoms with van der Waals surface area (Å²) >= 11 is 2.87. The molecule has 0 saturated carbocycles. The van der Waals surface area contributed by atoms with Crippen molar-refractivity contribution in [2.75, 3.05) is 7.11 Å². The highest BCUT2D eigenvalue weighted by Crippen LogP contribution is 2.34. The Kier molecular flexibility index (Phi) is 7.56. The lowest BCUT2D eigenvalue weighted by Gasteiger charge is -2.18. The summed E-state index contributed by atoms with van der Waals surface area (Å²) in [4.78, 5) is 48.6. The van der Waals surface area contributed by atoms with Crippen molar-refractivity contribution in [1.29, 1.82) is 0 Å². The number of hydrogen-bond donors (Lipinski definition) is 1. The van der Waals surface area contributed by atoms with Crippen LogP contribution >= 0.6 is 34.4 Å². The average molecular weight is 567 g/mol. The van der Waals surface area contributed by atoms with E-state index in [1.165, 1.54) is 26.2 Å². The molecule has 8 nitrogen and oxygen atoms in total. The number of carboxylic acid groups (broad SMARTS) is 1. The van der Waals surface area contributed by atoms with Gasteiger partial charge in [-0.25, -0.2) is 9.59 Å². The standard InChI is InChI=1S/C22H18INO7S/c1-12(21(28)30-2)24-19(25)18(32-22(24)29)10-14-5-8-17(16(23)9-14)31-11-13-3-6-15(7-4-13)20(26)27/h3-10,12H,11H2,1-2H3,(H,26,27)/b18-10+/t12-/m0/s1. The Morgan fingerprint density at radius 1 is 1.19 bits per heavy atom. The quantitative estimate of drug-likeness (QED) is 0.302. The topological polar surface area (TPSA) is 110 Å². The predicted octanol–water partition coefficient (Wildman–Crippen LogP) is 4.17. The monoisotopic (exact) mass is 567 g/mol. The number of carboxylic acids is 1. The minimum atomic E-state index is -1.00. The lowest BCUT2D eigenvalue weighted by molar-refractivity contribution is -0.148. The van der Waals surface area contributed by atoms with Gasteiger partial charge in [0.25, 0.3) is 11.1 Å². The molecule has 0 aromatic heterocycles. The molecule has 0 spiro atoms. The molecule has 2 aromatic rings. The highest BCUT2D eigenvalue weighted by molar-refractivity contribution is 14.1. The molecular weight excluding hydrogens is 549 g/mol. The highest BCUT2D eigenvalue weighted by Gasteiger charge is 2.41. The first-order chi connectivity index (χ1) is 15.2. The average Bonchev–Trinajstić information content (AvgIpc) is 3.05. The van der Waals surface area contributed by atoms with Gasteiger partial charge in [0.05, 0.1) is 21.1 Å². The molecule has 10 heteroatoms. The van der Waals surface area contributed by atoms with Crippen LogP contribution in [0.2, 0.25) is 0 Å². The number of methoxy groups -OCH3 is 1. The maximum atomic E-state index is 12.6. The number of benzene rings is 2. The second-order valence-electron chi connectivity index (χ2n) is 6.73. The van der Waals surface area contributed by atoms with Gasteiger partial charge in [-0.2, -0.15) is 0 Å². The molecule has 0 aliphatic carbocycles. The van der Waals surface area contributed by atoms with E-state index in [0.29, 0.717) is 11.3 Å². The van der Waals surface area contributed by atoms with Crippen LogP contribution in [0.5, 0.6) is 5.75 Å². The van der Waals surface area contributed by atoms with Crippen LogP contribution in [0.4, 0.5) is 4.79 Å². The summed E-state index contributed by atoms with van der Waals surface area (Å²) in [5.74, 6) is -1.57. The number of ether oxygens (including phenoxy) is 2. The van der Waals surface area contributed by atoms with Crippen molar-refractivity contribution < 1.29 is 33.8 Å². The van der Waals surface area contributed by atoms with Gasteiger partial charge in [-0.15, -0.1) is 0 Å². The lowest BCUT2D eigenvalue weighted by atomic mass is 10.1. The fourth-order valence-corrected chi connectivity index (χ4v) is 4.47. The van der Waals surface area contributed by atoms with E-state index in [1.807, 2.05) is 0 Å². The Labute approximate surface area is 201 Å². The van der Waals surface area contributed by atoms with Gasteiger partial charge in [0.2, 0.25) is 0 Å². The van der Waals surface area contributed by atoms with Crippen LogP contribution in [0.3, 0.4) is 0 Å². The van der Waals surface area contributed by atoms with Crippen LogP contribution in [0.25, 0.3) is 6.08 Å². The minimum absolute atomic E-state index is 0.207. The van der Waals surface area contributed by atoms with Crippen molar-refractivity contribution in [2.45, 2.75) is 19.6 Å². The third kappa shape index (κ3) is 5.30. The molecule has 1 N–H and O–H groups in total. The van der Waals surface area contributed by atoms with Gasteiger partial charge in [-0.3, -0.25) is 14.5 Å². The van der Waals surface area contributed by atoms with Gasteiger partial charge < -0.3 is 14.6 Å². The van der Waals surface area contributed by atoms with Gasteiger partial charge in [-0.05, 0) is 82.7 Å². The molecule has 1 atom stereocenters. The van der Waals surface area contributed by atoms with Gasteiger partial charge in [-0.1, -0.05) is 18.2 Å². The molecule has 1 saturated heterocycles. The Hall–Kier alpha value is -2.86. The van der Waals surface area contributed by atoms with E-state index >= 15 is 0 Å². The Balaban J connectivity index is 1.70. The SMILES string of the molecule is COC(=O)[C@H](C)N1C(=O)S/C(=C/c2ccc(OCc3ccc(C(=O)O)cc3)c(I)c2)C1=O. The first-order valence-corrected chi connectivity index (χ1v) is 11.2. The van der Waals surface area contributed by atoms with E-state index in [2.05, 4.69) is 27.3 Å². The number of carbonyl (C=O) groups excluding carboxylic acids is 3. The number of hydrogen-bond acceptors (Lipinski definition) is 7. The molecular formula is C22H18INO7S. The van der Waals surface area contributed by atoms with E-state index < -0.39 is 29.1 Å². The molecule has 2 amide bonds. The molecule has 32 heavy (non-hydrogen) atoms. The largest absolute Gasteiger partial charge is 0.488 e. The smallest absolute Gasteiger partial charge is 0.335 e. The first kappa shape index (κ1) is 23.8. The predicted molar refractivity (Wildman–Crippen MR) is 126 cm³/mol. The van der Waals surface area contributed by atoms with Gasteiger partial charge >= 0.3 is 11.9 Å². The number of amides is 2. The zero-order chi connectivity index (χ0) is 23.4. The summed E-state index contributed by atoms with van der Waals surface area (Å²) in [5, 5.41) is 8.43. The van der Waals surface area contributed by atoms with Crippen LogP contribution < -0.4 is 4.74 Å². The van der Waals surface area contributed by atoms with E-state index in [1.54, 1.807) is 36.4 Å². The Morgan fingerprint density at radius 2 is 1.88 bits per heavy atom.